The van der Waals surface area contributed by atoms with Crippen LogP contribution in [0.25, 0.3) is 0 Å². The second-order valence-electron chi connectivity index (χ2n) is 3.66. The van der Waals surface area contributed by atoms with E-state index in [4.69, 9.17) is 0 Å². The second kappa shape index (κ2) is 2.11. The predicted octanol–water partition coefficient (Wildman–Crippen LogP) is 2.26. The minimum Gasteiger partial charge on any atom is -0.283 e. The molecule has 0 amide bonds. The first kappa shape index (κ1) is 7.32. The molecule has 58 valence electrons. The molecule has 10 heavy (non-hydrogen) atoms. The molecule has 2 heteroatoms. The number of H-pyrrole nitrogens is 1. The van der Waals surface area contributed by atoms with Crippen molar-refractivity contribution in [1.82, 2.24) is 10.2 Å². The van der Waals surface area contributed by atoms with Crippen molar-refractivity contribution in [1.29, 1.82) is 0 Å². The van der Waals surface area contributed by atoms with Gasteiger partial charge >= 0.3 is 0 Å². The summed E-state index contributed by atoms with van der Waals surface area (Å²) in [6.45, 7) is 8.61. The van der Waals surface area contributed by atoms with Crippen molar-refractivity contribution >= 4 is 0 Å². The van der Waals surface area contributed by atoms with E-state index in [-0.39, 0.29) is 6.84 Å². The number of aromatic nitrogens is 2. The van der Waals surface area contributed by atoms with E-state index in [9.17, 15) is 0 Å². The Hall–Kier alpha value is -0.790. The van der Waals surface area contributed by atoms with Gasteiger partial charge in [-0.1, -0.05) is 20.8 Å². The van der Waals surface area contributed by atoms with E-state index in [1.54, 1.807) is 0 Å². The summed E-state index contributed by atoms with van der Waals surface area (Å²) >= 11 is 0. The second-order valence-corrected chi connectivity index (χ2v) is 3.66. The first-order valence-electron chi connectivity index (χ1n) is 3.52. The Morgan fingerprint density at radius 1 is 1.50 bits per heavy atom. The molecule has 0 bridgehead atoms. The third kappa shape index (κ3) is 1.20. The minimum atomic E-state index is 0. The van der Waals surface area contributed by atoms with Gasteiger partial charge in [0, 0.05) is 7.12 Å². The Kier molecular flexibility index (Phi) is 1.55. The molecule has 1 N–H and O–H groups in total. The van der Waals surface area contributed by atoms with Gasteiger partial charge in [-0.15, -0.1) is 0 Å². The maximum Gasteiger partial charge on any atom is 0.0527 e. The van der Waals surface area contributed by atoms with Gasteiger partial charge in [0.25, 0.3) is 0 Å². The molecule has 0 unspecified atom stereocenters. The van der Waals surface area contributed by atoms with Crippen molar-refractivity contribution in [3.63, 3.8) is 0 Å². The van der Waals surface area contributed by atoms with Gasteiger partial charge in [-0.05, 0) is 17.9 Å². The zero-order chi connectivity index (χ0) is 7.78. The van der Waals surface area contributed by atoms with Crippen LogP contribution in [0.5, 0.6) is 0 Å². The summed E-state index contributed by atoms with van der Waals surface area (Å²) in [5, 5.41) is 6.89. The Morgan fingerprint density at radius 3 is 2.30 bits per heavy atom. The zero-order valence-corrected chi connectivity index (χ0v) is 7.02. The molecule has 0 atom stereocenters. The average Bonchev–Trinajstić information content (AvgIpc) is 2.11. The molecule has 1 heterocycles. The molecule has 0 saturated carbocycles. The van der Waals surface area contributed by atoms with Crippen molar-refractivity contribution < 1.29 is 1.43 Å². The summed E-state index contributed by atoms with van der Waals surface area (Å²) < 4.78 is 0. The standard InChI is InChI=1S/C8H14N2.H2/c1-6-7(5-9-10-6)8(2,3)4;/h5H,1-4H3,(H,9,10);1H. The largest absolute Gasteiger partial charge is 0.283 e. The van der Waals surface area contributed by atoms with Crippen LogP contribution in [-0.4, -0.2) is 10.2 Å². The lowest BCUT2D eigenvalue weighted by Gasteiger charge is -2.16. The Balaban J connectivity index is 0.000001000. The number of nitrogens with one attached hydrogen (secondary N) is 1. The van der Waals surface area contributed by atoms with E-state index in [1.165, 1.54) is 11.3 Å². The lowest BCUT2D eigenvalue weighted by Crippen LogP contribution is -2.11. The fraction of sp³-hybridized carbons (Fsp3) is 0.625. The lowest BCUT2D eigenvalue weighted by atomic mass is 9.88. The number of hydrogen-bond acceptors (Lipinski definition) is 1. The van der Waals surface area contributed by atoms with E-state index in [0.29, 0.717) is 0 Å². The first-order chi connectivity index (χ1) is 4.52. The summed E-state index contributed by atoms with van der Waals surface area (Å²) in [5.74, 6) is 0. The summed E-state index contributed by atoms with van der Waals surface area (Å²) in [5.41, 5.74) is 2.69. The van der Waals surface area contributed by atoms with Gasteiger partial charge in [-0.2, -0.15) is 5.10 Å². The molecule has 0 aromatic carbocycles. The van der Waals surface area contributed by atoms with Crippen LogP contribution in [0.15, 0.2) is 6.20 Å². The van der Waals surface area contributed by atoms with Crippen LogP contribution in [0.4, 0.5) is 0 Å². The van der Waals surface area contributed by atoms with Crippen LogP contribution in [-0.2, 0) is 5.41 Å². The lowest BCUT2D eigenvalue weighted by molar-refractivity contribution is 0.586. The Bertz CT molecular complexity index is 222. The quantitative estimate of drug-likeness (QED) is 0.588. The summed E-state index contributed by atoms with van der Waals surface area (Å²) in [7, 11) is 0. The normalized spacial score (nSPS) is 12.0. The van der Waals surface area contributed by atoms with Gasteiger partial charge < -0.3 is 0 Å². The molecule has 0 spiro atoms. The Morgan fingerprint density at radius 2 is 2.10 bits per heavy atom. The van der Waals surface area contributed by atoms with Crippen molar-refractivity contribution in [2.75, 3.05) is 0 Å². The van der Waals surface area contributed by atoms with Crippen LogP contribution in [0.1, 0.15) is 33.5 Å². The fourth-order valence-corrected chi connectivity index (χ4v) is 1.11. The number of rotatable bonds is 0. The minimum absolute atomic E-state index is 0. The SMILES string of the molecule is Cc1[nH]ncc1C(C)(C)C.[HH]. The predicted molar refractivity (Wildman–Crippen MR) is 44.1 cm³/mol. The fourth-order valence-electron chi connectivity index (χ4n) is 1.11. The monoisotopic (exact) mass is 140 g/mol. The van der Waals surface area contributed by atoms with Gasteiger partial charge in [-0.3, -0.25) is 5.10 Å². The molecule has 1 rings (SSSR count). The van der Waals surface area contributed by atoms with E-state index < -0.39 is 0 Å². The topological polar surface area (TPSA) is 28.7 Å². The highest BCUT2D eigenvalue weighted by Crippen LogP contribution is 2.22. The van der Waals surface area contributed by atoms with Gasteiger partial charge in [0.05, 0.1) is 6.20 Å². The van der Waals surface area contributed by atoms with Crippen molar-refractivity contribution in [2.45, 2.75) is 33.1 Å². The number of hydrogen-bond donors (Lipinski definition) is 1. The molecule has 0 aliphatic carbocycles. The maximum atomic E-state index is 3.96. The van der Waals surface area contributed by atoms with E-state index in [0.717, 1.165) is 0 Å². The molecule has 1 aromatic heterocycles. The first-order valence-corrected chi connectivity index (χ1v) is 3.52. The molecule has 0 aliphatic heterocycles. The number of aromatic amines is 1. The maximum absolute atomic E-state index is 3.96. The van der Waals surface area contributed by atoms with Crippen LogP contribution < -0.4 is 0 Å². The van der Waals surface area contributed by atoms with E-state index >= 15 is 0 Å². The molecule has 0 aliphatic rings. The summed E-state index contributed by atoms with van der Waals surface area (Å²) in [6.07, 6.45) is 1.90. The molecule has 0 saturated heterocycles. The zero-order valence-electron chi connectivity index (χ0n) is 7.02. The third-order valence-corrected chi connectivity index (χ3v) is 1.64. The molecule has 0 radical (unpaired) electrons. The van der Waals surface area contributed by atoms with Crippen LogP contribution in [0.3, 0.4) is 0 Å². The number of nitrogens with zero attached hydrogens (tertiary/aromatic N) is 1. The van der Waals surface area contributed by atoms with Crippen molar-refractivity contribution in [3.05, 3.63) is 17.5 Å². The van der Waals surface area contributed by atoms with E-state index in [2.05, 4.69) is 31.0 Å². The molecule has 0 fully saturated rings. The van der Waals surface area contributed by atoms with Crippen LogP contribution in [0, 0.1) is 6.92 Å². The van der Waals surface area contributed by atoms with Crippen molar-refractivity contribution in [2.24, 2.45) is 0 Å². The molecule has 1 aromatic rings. The number of aryl methyl sites for hydroxylation is 1. The van der Waals surface area contributed by atoms with Crippen LogP contribution >= 0.6 is 0 Å². The summed E-state index contributed by atoms with van der Waals surface area (Å²) in [4.78, 5) is 0. The molecular weight excluding hydrogens is 124 g/mol. The third-order valence-electron chi connectivity index (χ3n) is 1.64. The van der Waals surface area contributed by atoms with Gasteiger partial charge in [0.1, 0.15) is 0 Å². The molecular formula is C8H16N2. The van der Waals surface area contributed by atoms with Gasteiger partial charge in [0.2, 0.25) is 0 Å². The smallest absolute Gasteiger partial charge is 0.0527 e. The van der Waals surface area contributed by atoms with Gasteiger partial charge in [0.15, 0.2) is 0 Å². The highest BCUT2D eigenvalue weighted by atomic mass is 15.1. The molecule has 2 nitrogen and oxygen atoms in total. The highest BCUT2D eigenvalue weighted by Gasteiger charge is 2.16. The van der Waals surface area contributed by atoms with Crippen molar-refractivity contribution in [3.8, 4) is 0 Å². The van der Waals surface area contributed by atoms with Crippen LogP contribution in [0.2, 0.25) is 0 Å². The average molecular weight is 140 g/mol. The Labute approximate surface area is 63.1 Å². The van der Waals surface area contributed by atoms with E-state index in [1.807, 2.05) is 13.1 Å². The van der Waals surface area contributed by atoms with Gasteiger partial charge in [-0.25, -0.2) is 0 Å². The summed E-state index contributed by atoms with van der Waals surface area (Å²) in [6, 6.07) is 0. The highest BCUT2D eigenvalue weighted by molar-refractivity contribution is 5.22.